The van der Waals surface area contributed by atoms with Gasteiger partial charge in [0.05, 0.1) is 0 Å². The van der Waals surface area contributed by atoms with Crippen LogP contribution in [0.4, 0.5) is 0 Å². The summed E-state index contributed by atoms with van der Waals surface area (Å²) in [6.45, 7) is 0. The van der Waals surface area contributed by atoms with Gasteiger partial charge in [-0.2, -0.15) is 0 Å². The molecule has 0 amide bonds. The molecule has 2 N–H and O–H groups in total. The molecular formula is H6BOSiTiZr. The zero-order valence-corrected chi connectivity index (χ0v) is 6.10. The second kappa shape index (κ2) is 40.4. The molecule has 27 valence electrons. The van der Waals surface area contributed by atoms with Crippen LogP contribution in [0.5, 0.6) is 0 Å². The molecule has 0 saturated carbocycles. The van der Waals surface area contributed by atoms with Crippen molar-refractivity contribution < 1.29 is 53.4 Å². The van der Waals surface area contributed by atoms with Crippen LogP contribution < -0.4 is 0 Å². The maximum Gasteiger partial charge on any atom is 0 e. The third-order valence-corrected chi connectivity index (χ3v) is 0. The molecule has 0 unspecified atom stereocenters. The average Bonchev–Trinajstić information content (AvgIpc) is 0. The van der Waals surface area contributed by atoms with Gasteiger partial charge in [0.2, 0.25) is 0 Å². The van der Waals surface area contributed by atoms with Crippen molar-refractivity contribution in [2.75, 3.05) is 0 Å². The van der Waals surface area contributed by atoms with Crippen molar-refractivity contribution in [1.29, 1.82) is 0 Å². The fraction of sp³-hybridized carbons (Fsp3) is 0. The van der Waals surface area contributed by atoms with E-state index in [1.165, 1.54) is 0 Å². The van der Waals surface area contributed by atoms with Crippen molar-refractivity contribution >= 4 is 19.4 Å². The minimum Gasteiger partial charge on any atom is -0.412 e. The van der Waals surface area contributed by atoms with Gasteiger partial charge in [0, 0.05) is 56.3 Å². The van der Waals surface area contributed by atoms with Crippen LogP contribution in [0.15, 0.2) is 0 Å². The topological polar surface area (TPSA) is 31.5 Å². The van der Waals surface area contributed by atoms with Gasteiger partial charge in [-0.25, -0.2) is 0 Å². The molecule has 0 aromatic rings. The Balaban J connectivity index is 0. The van der Waals surface area contributed by atoms with Crippen molar-refractivity contribution in [2.24, 2.45) is 0 Å². The Morgan fingerprint density at radius 2 is 1.00 bits per heavy atom. The van der Waals surface area contributed by atoms with E-state index in [9.17, 15) is 0 Å². The summed E-state index contributed by atoms with van der Waals surface area (Å²) in [4.78, 5) is 0. The van der Waals surface area contributed by atoms with Gasteiger partial charge >= 0.3 is 0 Å². The van der Waals surface area contributed by atoms with E-state index in [-0.39, 0.29) is 72.8 Å². The molecule has 5 heteroatoms. The molecule has 0 aliphatic rings. The van der Waals surface area contributed by atoms with Crippen LogP contribution in [0, 0.1) is 0 Å². The van der Waals surface area contributed by atoms with Crippen LogP contribution in [0.2, 0.25) is 0 Å². The van der Waals surface area contributed by atoms with E-state index < -0.39 is 0 Å². The fourth-order valence-corrected chi connectivity index (χ4v) is 0. The largest absolute Gasteiger partial charge is 0.412 e. The van der Waals surface area contributed by atoms with Crippen LogP contribution in [-0.4, -0.2) is 24.9 Å². The molecule has 1 nitrogen and oxygen atoms in total. The fourth-order valence-electron chi connectivity index (χ4n) is 0. The van der Waals surface area contributed by atoms with E-state index in [2.05, 4.69) is 0 Å². The van der Waals surface area contributed by atoms with Crippen LogP contribution in [0.25, 0.3) is 0 Å². The van der Waals surface area contributed by atoms with Crippen molar-refractivity contribution in [2.45, 2.75) is 0 Å². The molecule has 3 radical (unpaired) electrons. The smallest absolute Gasteiger partial charge is 0 e. The summed E-state index contributed by atoms with van der Waals surface area (Å²) < 4.78 is 0. The summed E-state index contributed by atoms with van der Waals surface area (Å²) >= 11 is 0. The van der Waals surface area contributed by atoms with Crippen molar-refractivity contribution in [3.05, 3.63) is 0 Å². The van der Waals surface area contributed by atoms with Crippen LogP contribution in [0.3, 0.4) is 0 Å². The third-order valence-electron chi connectivity index (χ3n) is 0. The van der Waals surface area contributed by atoms with Gasteiger partial charge in [-0.1, -0.05) is 0 Å². The summed E-state index contributed by atoms with van der Waals surface area (Å²) in [5.74, 6) is 0. The standard InChI is InChI=1S/B.H2O.H4Si.Ti.Zr/h;1H2;1H4;;. The van der Waals surface area contributed by atoms with Crippen LogP contribution in [-0.2, 0) is 47.9 Å². The first-order chi connectivity index (χ1) is 0. The quantitative estimate of drug-likeness (QED) is 0.382. The Kier molecular flexibility index (Phi) is 557. The molecule has 0 aliphatic heterocycles. The zero-order valence-electron chi connectivity index (χ0n) is 2.08. The third kappa shape index (κ3) is 25.4. The van der Waals surface area contributed by atoms with Crippen molar-refractivity contribution in [1.82, 2.24) is 0 Å². The Morgan fingerprint density at radius 1 is 1.00 bits per heavy atom. The van der Waals surface area contributed by atoms with Crippen LogP contribution >= 0.6 is 0 Å². The van der Waals surface area contributed by atoms with E-state index in [0.717, 1.165) is 0 Å². The first-order valence-corrected chi connectivity index (χ1v) is 0. The molecule has 0 aromatic heterocycles. The summed E-state index contributed by atoms with van der Waals surface area (Å²) in [6, 6.07) is 0. The SMILES string of the molecule is O.[B].[SiH4].[Ti].[Zr]. The predicted molar refractivity (Wildman–Crippen MR) is 20.7 cm³/mol. The molecular weight excluding hydrogens is 194 g/mol. The van der Waals surface area contributed by atoms with Crippen molar-refractivity contribution in [3.63, 3.8) is 0 Å². The van der Waals surface area contributed by atoms with Crippen molar-refractivity contribution in [3.8, 4) is 0 Å². The minimum atomic E-state index is 0. The van der Waals surface area contributed by atoms with Gasteiger partial charge in [0.25, 0.3) is 0 Å². The molecule has 0 heterocycles. The van der Waals surface area contributed by atoms with E-state index >= 15 is 0 Å². The molecule has 5 heavy (non-hydrogen) atoms. The molecule has 0 bridgehead atoms. The monoisotopic (exact) mass is 199 g/mol. The second-order valence-electron chi connectivity index (χ2n) is 0. The van der Waals surface area contributed by atoms with Crippen LogP contribution in [0.1, 0.15) is 0 Å². The molecule has 0 spiro atoms. The summed E-state index contributed by atoms with van der Waals surface area (Å²) in [6.07, 6.45) is 0. The minimum absolute atomic E-state index is 0. The van der Waals surface area contributed by atoms with Gasteiger partial charge in [-0.15, -0.1) is 0 Å². The molecule has 0 rings (SSSR count). The Hall–Kier alpha value is 1.84. The Morgan fingerprint density at radius 3 is 1.00 bits per heavy atom. The number of rotatable bonds is 0. The Bertz CT molecular complexity index is 11.6. The zero-order chi connectivity index (χ0) is 0. The Labute approximate surface area is 72.2 Å². The first-order valence-electron chi connectivity index (χ1n) is 0. The average molecular weight is 200 g/mol. The normalized spacial score (nSPS) is 0. The summed E-state index contributed by atoms with van der Waals surface area (Å²) in [5.41, 5.74) is 0. The molecule has 0 saturated heterocycles. The number of hydrogen-bond donors (Lipinski definition) is 0. The molecule has 0 fully saturated rings. The summed E-state index contributed by atoms with van der Waals surface area (Å²) in [7, 11) is 0. The maximum atomic E-state index is 0. The molecule has 0 atom stereocenters. The van der Waals surface area contributed by atoms with E-state index in [1.807, 2.05) is 0 Å². The van der Waals surface area contributed by atoms with E-state index in [0.29, 0.717) is 0 Å². The van der Waals surface area contributed by atoms with E-state index in [1.54, 1.807) is 0 Å². The predicted octanol–water partition coefficient (Wildman–Crippen LogP) is -2.66. The van der Waals surface area contributed by atoms with Gasteiger partial charge in [-0.05, 0) is 11.0 Å². The number of hydrogen-bond acceptors (Lipinski definition) is 0. The summed E-state index contributed by atoms with van der Waals surface area (Å²) in [5, 5.41) is 0. The van der Waals surface area contributed by atoms with Gasteiger partial charge in [-0.3, -0.25) is 0 Å². The van der Waals surface area contributed by atoms with Gasteiger partial charge in [0.15, 0.2) is 0 Å². The second-order valence-corrected chi connectivity index (χ2v) is 0. The van der Waals surface area contributed by atoms with Gasteiger partial charge in [0.1, 0.15) is 0 Å². The molecule has 0 aliphatic carbocycles. The first kappa shape index (κ1) is 68.9. The maximum absolute atomic E-state index is 0. The van der Waals surface area contributed by atoms with E-state index in [4.69, 9.17) is 0 Å². The molecule has 0 aromatic carbocycles. The van der Waals surface area contributed by atoms with Gasteiger partial charge < -0.3 is 5.48 Å².